The van der Waals surface area contributed by atoms with Crippen LogP contribution in [0.5, 0.6) is 0 Å². The zero-order chi connectivity index (χ0) is 18.7. The number of halogens is 3. The Bertz CT molecular complexity index is 932. The molecule has 0 heterocycles. The van der Waals surface area contributed by atoms with Gasteiger partial charge in [0.2, 0.25) is 0 Å². The molecule has 0 saturated carbocycles. The number of hydrogen-bond donors (Lipinski definition) is 1. The molecule has 0 aliphatic carbocycles. The predicted octanol–water partition coefficient (Wildman–Crippen LogP) is 5.50. The summed E-state index contributed by atoms with van der Waals surface area (Å²) in [5.74, 6) is -1.88. The van der Waals surface area contributed by atoms with Crippen molar-refractivity contribution >= 4 is 33.7 Å². The maximum absolute atomic E-state index is 12.9. The van der Waals surface area contributed by atoms with Crippen molar-refractivity contribution in [3.63, 3.8) is 0 Å². The predicted molar refractivity (Wildman–Crippen MR) is 97.8 cm³/mol. The number of para-hydroxylation sites is 2. The van der Waals surface area contributed by atoms with E-state index in [4.69, 9.17) is 0 Å². The summed E-state index contributed by atoms with van der Waals surface area (Å²) in [5.41, 5.74) is 1.37. The zero-order valence-electron chi connectivity index (χ0n) is 14.0. The first-order valence-electron chi connectivity index (χ1n) is 8.14. The fourth-order valence-electron chi connectivity index (χ4n) is 2.87. The quantitative estimate of drug-likeness (QED) is 0.668. The number of carbonyl (C=O) groups excluding carboxylic acids is 1. The molecule has 0 fully saturated rings. The monoisotopic (exact) mass is 358 g/mol. The van der Waals surface area contributed by atoms with Gasteiger partial charge in [0.25, 0.3) is 0 Å². The standard InChI is InChI=1S/C20H17F3N2O/c1-2-25(19(26)20(21,22)23)18-13-6-5-11-17(18)24-16-12-7-9-14-8-3-4-10-15(14)16/h3-13,24H,2H2,1H3. The number of amides is 1. The largest absolute Gasteiger partial charge is 0.471 e. The molecule has 26 heavy (non-hydrogen) atoms. The summed E-state index contributed by atoms with van der Waals surface area (Å²) in [6.45, 7) is 1.42. The molecular weight excluding hydrogens is 341 g/mol. The maximum atomic E-state index is 12.9. The van der Waals surface area contributed by atoms with Crippen LogP contribution in [0.3, 0.4) is 0 Å². The fourth-order valence-corrected chi connectivity index (χ4v) is 2.87. The van der Waals surface area contributed by atoms with E-state index in [9.17, 15) is 18.0 Å². The van der Waals surface area contributed by atoms with Gasteiger partial charge in [0.15, 0.2) is 0 Å². The molecule has 1 amide bonds. The second-order valence-electron chi connectivity index (χ2n) is 5.72. The van der Waals surface area contributed by atoms with Crippen LogP contribution in [-0.2, 0) is 4.79 Å². The number of anilines is 3. The number of nitrogens with zero attached hydrogens (tertiary/aromatic N) is 1. The SMILES string of the molecule is CCN(C(=O)C(F)(F)F)c1ccccc1Nc1cccc2ccccc12. The Morgan fingerprint density at radius 2 is 1.54 bits per heavy atom. The number of nitrogens with one attached hydrogen (secondary N) is 1. The second-order valence-corrected chi connectivity index (χ2v) is 5.72. The summed E-state index contributed by atoms with van der Waals surface area (Å²) in [5, 5.41) is 5.12. The first-order valence-corrected chi connectivity index (χ1v) is 8.14. The van der Waals surface area contributed by atoms with Gasteiger partial charge in [-0.05, 0) is 30.5 Å². The molecule has 3 nitrogen and oxygen atoms in total. The minimum Gasteiger partial charge on any atom is -0.353 e. The van der Waals surface area contributed by atoms with Crippen molar-refractivity contribution in [3.8, 4) is 0 Å². The molecule has 3 aromatic carbocycles. The lowest BCUT2D eigenvalue weighted by molar-refractivity contribution is -0.170. The van der Waals surface area contributed by atoms with E-state index < -0.39 is 12.1 Å². The van der Waals surface area contributed by atoms with E-state index in [-0.39, 0.29) is 12.2 Å². The smallest absolute Gasteiger partial charge is 0.353 e. The topological polar surface area (TPSA) is 32.3 Å². The third kappa shape index (κ3) is 3.49. The summed E-state index contributed by atoms with van der Waals surface area (Å²) in [7, 11) is 0. The van der Waals surface area contributed by atoms with Gasteiger partial charge in [-0.1, -0.05) is 48.5 Å². The Morgan fingerprint density at radius 3 is 2.27 bits per heavy atom. The van der Waals surface area contributed by atoms with Gasteiger partial charge in [-0.15, -0.1) is 0 Å². The highest BCUT2D eigenvalue weighted by Gasteiger charge is 2.43. The van der Waals surface area contributed by atoms with Gasteiger partial charge in [0, 0.05) is 17.6 Å². The number of carbonyl (C=O) groups is 1. The third-order valence-electron chi connectivity index (χ3n) is 4.06. The fraction of sp³-hybridized carbons (Fsp3) is 0.150. The summed E-state index contributed by atoms with van der Waals surface area (Å²) < 4.78 is 38.8. The van der Waals surface area contributed by atoms with Crippen LogP contribution in [0.25, 0.3) is 10.8 Å². The van der Waals surface area contributed by atoms with Crippen LogP contribution in [0.4, 0.5) is 30.2 Å². The van der Waals surface area contributed by atoms with Gasteiger partial charge >= 0.3 is 12.1 Å². The van der Waals surface area contributed by atoms with Gasteiger partial charge in [0.05, 0.1) is 11.4 Å². The molecule has 6 heteroatoms. The molecule has 3 rings (SSSR count). The highest BCUT2D eigenvalue weighted by atomic mass is 19.4. The molecule has 0 aliphatic heterocycles. The van der Waals surface area contributed by atoms with Crippen LogP contribution in [0.1, 0.15) is 6.92 Å². The van der Waals surface area contributed by atoms with E-state index in [1.165, 1.54) is 13.0 Å². The molecule has 0 saturated heterocycles. The van der Waals surface area contributed by atoms with E-state index in [1.807, 2.05) is 42.5 Å². The molecule has 134 valence electrons. The Balaban J connectivity index is 2.03. The summed E-state index contributed by atoms with van der Waals surface area (Å²) in [6, 6.07) is 19.8. The lowest BCUT2D eigenvalue weighted by Crippen LogP contribution is -2.41. The van der Waals surface area contributed by atoms with Crippen molar-refractivity contribution in [1.82, 2.24) is 0 Å². The van der Waals surface area contributed by atoms with Crippen LogP contribution >= 0.6 is 0 Å². The van der Waals surface area contributed by atoms with Crippen molar-refractivity contribution in [3.05, 3.63) is 66.7 Å². The van der Waals surface area contributed by atoms with E-state index in [2.05, 4.69) is 5.32 Å². The number of benzene rings is 3. The molecule has 0 spiro atoms. The van der Waals surface area contributed by atoms with Crippen molar-refractivity contribution in [2.75, 3.05) is 16.8 Å². The Kier molecular flexibility index (Phi) is 4.84. The van der Waals surface area contributed by atoms with Crippen LogP contribution in [0.15, 0.2) is 66.7 Å². The maximum Gasteiger partial charge on any atom is 0.471 e. The minimum atomic E-state index is -4.93. The molecular formula is C20H17F3N2O. The van der Waals surface area contributed by atoms with Crippen molar-refractivity contribution in [1.29, 1.82) is 0 Å². The van der Waals surface area contributed by atoms with E-state index in [0.717, 1.165) is 21.4 Å². The third-order valence-corrected chi connectivity index (χ3v) is 4.06. The molecule has 0 atom stereocenters. The van der Waals surface area contributed by atoms with Crippen LogP contribution in [0, 0.1) is 0 Å². The molecule has 3 aromatic rings. The Morgan fingerprint density at radius 1 is 0.923 bits per heavy atom. The zero-order valence-corrected chi connectivity index (χ0v) is 14.0. The molecule has 0 bridgehead atoms. The number of hydrogen-bond acceptors (Lipinski definition) is 2. The van der Waals surface area contributed by atoms with Gasteiger partial charge in [-0.3, -0.25) is 4.79 Å². The average molecular weight is 358 g/mol. The average Bonchev–Trinajstić information content (AvgIpc) is 2.63. The second kappa shape index (κ2) is 7.07. The lowest BCUT2D eigenvalue weighted by Gasteiger charge is -2.25. The van der Waals surface area contributed by atoms with Crippen molar-refractivity contribution in [2.24, 2.45) is 0 Å². The van der Waals surface area contributed by atoms with E-state index in [1.54, 1.807) is 18.2 Å². The van der Waals surface area contributed by atoms with Gasteiger partial charge < -0.3 is 10.2 Å². The highest BCUT2D eigenvalue weighted by Crippen LogP contribution is 2.33. The summed E-state index contributed by atoms with van der Waals surface area (Å²) in [6.07, 6.45) is -4.93. The first kappa shape index (κ1) is 17.8. The van der Waals surface area contributed by atoms with Crippen molar-refractivity contribution in [2.45, 2.75) is 13.1 Å². The van der Waals surface area contributed by atoms with Gasteiger partial charge in [-0.2, -0.15) is 13.2 Å². The van der Waals surface area contributed by atoms with Gasteiger partial charge in [-0.25, -0.2) is 0 Å². The molecule has 0 aromatic heterocycles. The highest BCUT2D eigenvalue weighted by molar-refractivity contribution is 6.02. The van der Waals surface area contributed by atoms with Crippen LogP contribution in [-0.4, -0.2) is 18.6 Å². The minimum absolute atomic E-state index is 0.0907. The Labute approximate surface area is 149 Å². The van der Waals surface area contributed by atoms with E-state index >= 15 is 0 Å². The number of alkyl halides is 3. The molecule has 1 N–H and O–H groups in total. The molecule has 0 radical (unpaired) electrons. The van der Waals surface area contributed by atoms with Crippen molar-refractivity contribution < 1.29 is 18.0 Å². The normalized spacial score (nSPS) is 11.4. The summed E-state index contributed by atoms with van der Waals surface area (Å²) >= 11 is 0. The van der Waals surface area contributed by atoms with Crippen LogP contribution < -0.4 is 10.2 Å². The van der Waals surface area contributed by atoms with Crippen LogP contribution in [0.2, 0.25) is 0 Å². The molecule has 0 aliphatic rings. The first-order chi connectivity index (χ1) is 12.4. The van der Waals surface area contributed by atoms with Gasteiger partial charge in [0.1, 0.15) is 0 Å². The summed E-state index contributed by atoms with van der Waals surface area (Å²) in [4.78, 5) is 12.5. The number of fused-ring (bicyclic) bond motifs is 1. The molecule has 0 unspecified atom stereocenters. The number of rotatable bonds is 4. The lowest BCUT2D eigenvalue weighted by atomic mass is 10.1. The Hall–Kier alpha value is -3.02. The van der Waals surface area contributed by atoms with E-state index in [0.29, 0.717) is 5.69 Å².